The van der Waals surface area contributed by atoms with Crippen LogP contribution in [0.2, 0.25) is 5.02 Å². The summed E-state index contributed by atoms with van der Waals surface area (Å²) >= 11 is 5.81. The first-order valence-corrected chi connectivity index (χ1v) is 6.32. The normalized spacial score (nSPS) is 10.1. The van der Waals surface area contributed by atoms with Crippen LogP contribution in [0.4, 0.5) is 5.69 Å². The molecule has 108 valence electrons. The van der Waals surface area contributed by atoms with Crippen molar-refractivity contribution >= 4 is 29.2 Å². The summed E-state index contributed by atoms with van der Waals surface area (Å²) < 4.78 is 1.32. The predicted octanol–water partition coefficient (Wildman–Crippen LogP) is 1.84. The van der Waals surface area contributed by atoms with Gasteiger partial charge < -0.3 is 15.0 Å². The van der Waals surface area contributed by atoms with E-state index in [0.717, 1.165) is 12.3 Å². The molecule has 0 bridgehead atoms. The van der Waals surface area contributed by atoms with Gasteiger partial charge in [0.15, 0.2) is 5.43 Å². The minimum atomic E-state index is -1.33. The number of hydrogen-bond acceptors (Lipinski definition) is 3. The van der Waals surface area contributed by atoms with Crippen LogP contribution in [0, 0.1) is 0 Å². The van der Waals surface area contributed by atoms with Crippen molar-refractivity contribution in [2.75, 3.05) is 5.32 Å². The van der Waals surface area contributed by atoms with Gasteiger partial charge in [-0.3, -0.25) is 9.59 Å². The molecule has 0 spiro atoms. The van der Waals surface area contributed by atoms with E-state index >= 15 is 0 Å². The molecule has 2 N–H and O–H groups in total. The Balaban J connectivity index is 2.11. The van der Waals surface area contributed by atoms with Crippen LogP contribution in [-0.4, -0.2) is 21.6 Å². The molecule has 1 heterocycles. The van der Waals surface area contributed by atoms with Crippen LogP contribution < -0.4 is 10.7 Å². The number of benzene rings is 1. The number of nitrogens with zero attached hydrogens (tertiary/aromatic N) is 1. The van der Waals surface area contributed by atoms with Gasteiger partial charge in [-0.1, -0.05) is 17.7 Å². The Labute approximate surface area is 124 Å². The number of hydrogen-bond donors (Lipinski definition) is 2. The molecule has 0 aliphatic rings. The standard InChI is InChI=1S/C14H11ClN2O4/c15-9-2-1-3-10(6-9)16-13(19)8-17-5-4-12(18)11(7-17)14(20)21/h1-7H,8H2,(H,16,19)(H,20,21). The zero-order valence-corrected chi connectivity index (χ0v) is 11.5. The van der Waals surface area contributed by atoms with Crippen molar-refractivity contribution < 1.29 is 14.7 Å². The van der Waals surface area contributed by atoms with Crippen LogP contribution >= 0.6 is 11.6 Å². The Morgan fingerprint density at radius 3 is 2.71 bits per heavy atom. The number of carbonyl (C=O) groups excluding carboxylic acids is 1. The van der Waals surface area contributed by atoms with Crippen molar-refractivity contribution in [3.63, 3.8) is 0 Å². The molecule has 2 rings (SSSR count). The molecule has 6 nitrogen and oxygen atoms in total. The first-order chi connectivity index (χ1) is 9.95. The van der Waals surface area contributed by atoms with Crippen LogP contribution in [-0.2, 0) is 11.3 Å². The van der Waals surface area contributed by atoms with E-state index in [1.165, 1.54) is 10.8 Å². The lowest BCUT2D eigenvalue weighted by atomic mass is 10.2. The van der Waals surface area contributed by atoms with Crippen molar-refractivity contribution in [1.82, 2.24) is 4.57 Å². The number of halogens is 1. The molecule has 1 aromatic carbocycles. The molecule has 0 saturated heterocycles. The minimum absolute atomic E-state index is 0.118. The van der Waals surface area contributed by atoms with Gasteiger partial charge >= 0.3 is 5.97 Å². The second kappa shape index (κ2) is 6.23. The van der Waals surface area contributed by atoms with Crippen LogP contribution in [0.15, 0.2) is 47.5 Å². The van der Waals surface area contributed by atoms with Crippen LogP contribution in [0.3, 0.4) is 0 Å². The maximum Gasteiger partial charge on any atom is 0.341 e. The zero-order valence-electron chi connectivity index (χ0n) is 10.7. The van der Waals surface area contributed by atoms with Gasteiger partial charge in [-0.05, 0) is 18.2 Å². The molecule has 0 atom stereocenters. The highest BCUT2D eigenvalue weighted by Gasteiger charge is 2.10. The summed E-state index contributed by atoms with van der Waals surface area (Å²) in [4.78, 5) is 34.0. The lowest BCUT2D eigenvalue weighted by molar-refractivity contribution is -0.116. The highest BCUT2D eigenvalue weighted by Crippen LogP contribution is 2.14. The minimum Gasteiger partial charge on any atom is -0.477 e. The number of aromatic carboxylic acids is 1. The Morgan fingerprint density at radius 1 is 1.29 bits per heavy atom. The first-order valence-electron chi connectivity index (χ1n) is 5.94. The molecule has 1 amide bonds. The van der Waals surface area contributed by atoms with Crippen LogP contribution in [0.5, 0.6) is 0 Å². The molecule has 0 saturated carbocycles. The number of pyridine rings is 1. The van der Waals surface area contributed by atoms with E-state index in [9.17, 15) is 14.4 Å². The van der Waals surface area contributed by atoms with E-state index in [0.29, 0.717) is 10.7 Å². The number of amides is 1. The number of carbonyl (C=O) groups is 2. The van der Waals surface area contributed by atoms with Crippen molar-refractivity contribution in [2.24, 2.45) is 0 Å². The zero-order chi connectivity index (χ0) is 15.4. The van der Waals surface area contributed by atoms with Gasteiger partial charge in [0.05, 0.1) is 0 Å². The molecule has 0 unspecified atom stereocenters. The summed E-state index contributed by atoms with van der Waals surface area (Å²) in [5.74, 6) is -1.69. The number of anilines is 1. The number of carboxylic acid groups (broad SMARTS) is 1. The molecular formula is C14H11ClN2O4. The highest BCUT2D eigenvalue weighted by molar-refractivity contribution is 6.30. The lowest BCUT2D eigenvalue weighted by Gasteiger charge is -2.08. The van der Waals surface area contributed by atoms with E-state index in [1.807, 2.05) is 0 Å². The molecular weight excluding hydrogens is 296 g/mol. The van der Waals surface area contributed by atoms with Crippen molar-refractivity contribution in [2.45, 2.75) is 6.54 Å². The van der Waals surface area contributed by atoms with Crippen molar-refractivity contribution in [3.8, 4) is 0 Å². The average molecular weight is 307 g/mol. The summed E-state index contributed by atoms with van der Waals surface area (Å²) in [5, 5.41) is 12.0. The van der Waals surface area contributed by atoms with Crippen molar-refractivity contribution in [1.29, 1.82) is 0 Å². The summed E-state index contributed by atoms with van der Waals surface area (Å²) in [6, 6.07) is 7.75. The maximum absolute atomic E-state index is 11.9. The molecule has 1 aromatic heterocycles. The summed E-state index contributed by atoms with van der Waals surface area (Å²) in [5.41, 5.74) is -0.450. The second-order valence-electron chi connectivity index (χ2n) is 4.26. The predicted molar refractivity (Wildman–Crippen MR) is 77.7 cm³/mol. The maximum atomic E-state index is 11.9. The fourth-order valence-electron chi connectivity index (χ4n) is 1.72. The Morgan fingerprint density at radius 2 is 2.05 bits per heavy atom. The number of nitrogens with one attached hydrogen (secondary N) is 1. The molecule has 0 radical (unpaired) electrons. The summed E-state index contributed by atoms with van der Waals surface area (Å²) in [6.45, 7) is -0.118. The Kier molecular flexibility index (Phi) is 4.39. The highest BCUT2D eigenvalue weighted by atomic mass is 35.5. The van der Waals surface area contributed by atoms with Gasteiger partial charge in [0.1, 0.15) is 12.1 Å². The van der Waals surface area contributed by atoms with Gasteiger partial charge in [-0.15, -0.1) is 0 Å². The van der Waals surface area contributed by atoms with Crippen LogP contribution in [0.1, 0.15) is 10.4 Å². The average Bonchev–Trinajstić information content (AvgIpc) is 2.40. The molecule has 2 aromatic rings. The summed E-state index contributed by atoms with van der Waals surface area (Å²) in [6.07, 6.45) is 2.48. The molecule has 0 aliphatic heterocycles. The quantitative estimate of drug-likeness (QED) is 0.902. The van der Waals surface area contributed by atoms with Gasteiger partial charge in [-0.2, -0.15) is 0 Å². The van der Waals surface area contributed by atoms with E-state index < -0.39 is 11.4 Å². The van der Waals surface area contributed by atoms with Crippen molar-refractivity contribution in [3.05, 3.63) is 63.5 Å². The van der Waals surface area contributed by atoms with Crippen LogP contribution in [0.25, 0.3) is 0 Å². The monoisotopic (exact) mass is 306 g/mol. The third-order valence-corrected chi connectivity index (χ3v) is 2.88. The summed E-state index contributed by atoms with van der Waals surface area (Å²) in [7, 11) is 0. The topological polar surface area (TPSA) is 88.4 Å². The first kappa shape index (κ1) is 14.8. The number of carboxylic acids is 1. The SMILES string of the molecule is O=C(Cn1ccc(=O)c(C(=O)O)c1)Nc1cccc(Cl)c1. The molecule has 0 aliphatic carbocycles. The van der Waals surface area contributed by atoms with E-state index in [4.69, 9.17) is 16.7 Å². The largest absolute Gasteiger partial charge is 0.477 e. The second-order valence-corrected chi connectivity index (χ2v) is 4.70. The Hall–Kier alpha value is -2.60. The molecule has 0 fully saturated rings. The van der Waals surface area contributed by atoms with E-state index in [2.05, 4.69) is 5.32 Å². The van der Waals surface area contributed by atoms with Gasteiger partial charge in [0.25, 0.3) is 0 Å². The van der Waals surface area contributed by atoms with Gasteiger partial charge in [-0.25, -0.2) is 4.79 Å². The van der Waals surface area contributed by atoms with E-state index in [-0.39, 0.29) is 18.0 Å². The number of rotatable bonds is 4. The van der Waals surface area contributed by atoms with Gasteiger partial charge in [0, 0.05) is 29.2 Å². The number of aromatic nitrogens is 1. The third kappa shape index (κ3) is 3.93. The molecule has 7 heteroatoms. The lowest BCUT2D eigenvalue weighted by Crippen LogP contribution is -2.22. The smallest absolute Gasteiger partial charge is 0.341 e. The van der Waals surface area contributed by atoms with Gasteiger partial charge in [0.2, 0.25) is 5.91 Å². The third-order valence-electron chi connectivity index (χ3n) is 2.64. The molecule has 21 heavy (non-hydrogen) atoms. The fraction of sp³-hybridized carbons (Fsp3) is 0.0714. The Bertz CT molecular complexity index is 755. The fourth-order valence-corrected chi connectivity index (χ4v) is 1.91. The van der Waals surface area contributed by atoms with E-state index in [1.54, 1.807) is 24.3 Å².